The van der Waals surface area contributed by atoms with Gasteiger partial charge in [-0.15, -0.1) is 0 Å². The van der Waals surface area contributed by atoms with E-state index in [9.17, 15) is 13.2 Å². The Kier molecular flexibility index (Phi) is 3.63. The number of alkyl halides is 3. The molecule has 2 aromatic rings. The summed E-state index contributed by atoms with van der Waals surface area (Å²) in [5.74, 6) is 4.86. The zero-order chi connectivity index (χ0) is 14.9. The van der Waals surface area contributed by atoms with E-state index in [4.69, 9.17) is 5.84 Å². The summed E-state index contributed by atoms with van der Waals surface area (Å²) in [6.45, 7) is 3.72. The Hall–Kier alpha value is -2.15. The molecular weight excluding hydrogens is 269 g/mol. The van der Waals surface area contributed by atoms with Gasteiger partial charge in [-0.2, -0.15) is 13.2 Å². The lowest BCUT2D eigenvalue weighted by Gasteiger charge is -2.12. The second-order valence-electron chi connectivity index (χ2n) is 4.42. The molecule has 0 saturated carbocycles. The summed E-state index contributed by atoms with van der Waals surface area (Å²) in [5.41, 5.74) is 3.67. The summed E-state index contributed by atoms with van der Waals surface area (Å²) in [7, 11) is 0. The van der Waals surface area contributed by atoms with Gasteiger partial charge in [-0.3, -0.25) is 5.43 Å². The minimum absolute atomic E-state index is 0.178. The maximum absolute atomic E-state index is 12.8. The first-order valence-electron chi connectivity index (χ1n) is 5.82. The van der Waals surface area contributed by atoms with Crippen LogP contribution in [0.4, 0.5) is 19.1 Å². The Morgan fingerprint density at radius 2 is 1.80 bits per heavy atom. The molecule has 2 rings (SSSR count). The standard InChI is InChI=1S/C13H13F3N4/c1-7-3-4-9(8(2)5-7)10-6-11(13(14,15)16)19-12(18-10)20-17/h3-6H,17H2,1-2H3,(H,18,19,20). The van der Waals surface area contributed by atoms with Crippen LogP contribution in [0, 0.1) is 13.8 Å². The fourth-order valence-electron chi connectivity index (χ4n) is 1.90. The molecule has 3 N–H and O–H groups in total. The van der Waals surface area contributed by atoms with Crippen LogP contribution in [-0.4, -0.2) is 9.97 Å². The van der Waals surface area contributed by atoms with Gasteiger partial charge in [-0.25, -0.2) is 15.8 Å². The van der Waals surface area contributed by atoms with Gasteiger partial charge in [0.15, 0.2) is 5.69 Å². The molecular formula is C13H13F3N4. The molecule has 0 unspecified atom stereocenters. The molecule has 1 aromatic carbocycles. The number of hydrazine groups is 1. The van der Waals surface area contributed by atoms with Crippen LogP contribution in [0.3, 0.4) is 0 Å². The first-order valence-corrected chi connectivity index (χ1v) is 5.82. The van der Waals surface area contributed by atoms with Gasteiger partial charge < -0.3 is 0 Å². The molecule has 1 aromatic heterocycles. The predicted octanol–water partition coefficient (Wildman–Crippen LogP) is 3.06. The van der Waals surface area contributed by atoms with Crippen LogP contribution < -0.4 is 11.3 Å². The van der Waals surface area contributed by atoms with Gasteiger partial charge in [-0.05, 0) is 25.5 Å². The molecule has 0 fully saturated rings. The monoisotopic (exact) mass is 282 g/mol. The van der Waals surface area contributed by atoms with Crippen molar-refractivity contribution in [1.29, 1.82) is 0 Å². The Balaban J connectivity index is 2.61. The molecule has 0 radical (unpaired) electrons. The van der Waals surface area contributed by atoms with E-state index in [1.54, 1.807) is 6.07 Å². The van der Waals surface area contributed by atoms with Gasteiger partial charge in [0.25, 0.3) is 0 Å². The highest BCUT2D eigenvalue weighted by atomic mass is 19.4. The lowest BCUT2D eigenvalue weighted by molar-refractivity contribution is -0.141. The van der Waals surface area contributed by atoms with Gasteiger partial charge in [0.2, 0.25) is 5.95 Å². The summed E-state index contributed by atoms with van der Waals surface area (Å²) in [4.78, 5) is 7.30. The third-order valence-corrected chi connectivity index (χ3v) is 2.80. The van der Waals surface area contributed by atoms with Crippen molar-refractivity contribution in [2.24, 2.45) is 5.84 Å². The highest BCUT2D eigenvalue weighted by Gasteiger charge is 2.33. The topological polar surface area (TPSA) is 63.8 Å². The maximum atomic E-state index is 12.8. The van der Waals surface area contributed by atoms with Gasteiger partial charge in [0.1, 0.15) is 0 Å². The predicted molar refractivity (Wildman–Crippen MR) is 69.8 cm³/mol. The van der Waals surface area contributed by atoms with Gasteiger partial charge in [0, 0.05) is 5.56 Å². The highest BCUT2D eigenvalue weighted by Crippen LogP contribution is 2.32. The number of rotatable bonds is 2. The van der Waals surface area contributed by atoms with E-state index >= 15 is 0 Å². The van der Waals surface area contributed by atoms with Crippen molar-refractivity contribution in [1.82, 2.24) is 9.97 Å². The van der Waals surface area contributed by atoms with Gasteiger partial charge in [-0.1, -0.05) is 23.8 Å². The number of anilines is 1. The second kappa shape index (κ2) is 5.09. The van der Waals surface area contributed by atoms with Crippen molar-refractivity contribution in [3.63, 3.8) is 0 Å². The normalized spacial score (nSPS) is 11.5. The molecule has 0 aliphatic carbocycles. The molecule has 0 aliphatic rings. The third kappa shape index (κ3) is 2.88. The lowest BCUT2D eigenvalue weighted by Crippen LogP contribution is -2.16. The van der Waals surface area contributed by atoms with Crippen LogP contribution in [0.2, 0.25) is 0 Å². The van der Waals surface area contributed by atoms with E-state index in [1.807, 2.05) is 26.0 Å². The minimum Gasteiger partial charge on any atom is -0.292 e. The van der Waals surface area contributed by atoms with E-state index in [1.165, 1.54) is 0 Å². The first kappa shape index (κ1) is 14.3. The molecule has 4 nitrogen and oxygen atoms in total. The molecule has 7 heteroatoms. The molecule has 0 bridgehead atoms. The Morgan fingerprint density at radius 1 is 1.10 bits per heavy atom. The molecule has 0 amide bonds. The average molecular weight is 282 g/mol. The number of benzene rings is 1. The molecule has 106 valence electrons. The van der Waals surface area contributed by atoms with Crippen molar-refractivity contribution in [3.8, 4) is 11.3 Å². The first-order chi connectivity index (χ1) is 9.31. The van der Waals surface area contributed by atoms with Crippen molar-refractivity contribution in [2.75, 3.05) is 5.43 Å². The number of hydrogen-bond donors (Lipinski definition) is 2. The molecule has 1 heterocycles. The van der Waals surface area contributed by atoms with E-state index in [-0.39, 0.29) is 11.6 Å². The number of nitrogens with zero attached hydrogens (tertiary/aromatic N) is 2. The van der Waals surface area contributed by atoms with E-state index < -0.39 is 11.9 Å². The highest BCUT2D eigenvalue weighted by molar-refractivity contribution is 5.65. The zero-order valence-corrected chi connectivity index (χ0v) is 10.9. The summed E-state index contributed by atoms with van der Waals surface area (Å²) < 4.78 is 38.4. The number of aryl methyl sites for hydroxylation is 2. The third-order valence-electron chi connectivity index (χ3n) is 2.80. The van der Waals surface area contributed by atoms with Crippen molar-refractivity contribution in [3.05, 3.63) is 41.1 Å². The number of aromatic nitrogens is 2. The van der Waals surface area contributed by atoms with Crippen LogP contribution in [0.5, 0.6) is 0 Å². The number of hydrogen-bond acceptors (Lipinski definition) is 4. The van der Waals surface area contributed by atoms with Crippen molar-refractivity contribution < 1.29 is 13.2 Å². The van der Waals surface area contributed by atoms with E-state index in [0.29, 0.717) is 5.56 Å². The average Bonchev–Trinajstić information content (AvgIpc) is 2.37. The van der Waals surface area contributed by atoms with Crippen LogP contribution >= 0.6 is 0 Å². The summed E-state index contributed by atoms with van der Waals surface area (Å²) in [6.07, 6.45) is -4.55. The van der Waals surface area contributed by atoms with Crippen LogP contribution in [0.25, 0.3) is 11.3 Å². The maximum Gasteiger partial charge on any atom is 0.433 e. The number of nitrogens with two attached hydrogens (primary N) is 1. The fourth-order valence-corrected chi connectivity index (χ4v) is 1.90. The number of nitrogens with one attached hydrogen (secondary N) is 1. The van der Waals surface area contributed by atoms with Gasteiger partial charge in [0.05, 0.1) is 5.69 Å². The van der Waals surface area contributed by atoms with Crippen molar-refractivity contribution >= 4 is 5.95 Å². The second-order valence-corrected chi connectivity index (χ2v) is 4.42. The molecule has 0 spiro atoms. The minimum atomic E-state index is -4.55. The van der Waals surface area contributed by atoms with E-state index in [2.05, 4.69) is 15.4 Å². The van der Waals surface area contributed by atoms with Crippen molar-refractivity contribution in [2.45, 2.75) is 20.0 Å². The SMILES string of the molecule is Cc1ccc(-c2cc(C(F)(F)F)nc(NN)n2)c(C)c1. The summed E-state index contributed by atoms with van der Waals surface area (Å²) in [6, 6.07) is 6.33. The number of halogens is 3. The Bertz CT molecular complexity index is 638. The molecule has 0 aliphatic heterocycles. The lowest BCUT2D eigenvalue weighted by atomic mass is 10.0. The Morgan fingerprint density at radius 3 is 2.35 bits per heavy atom. The molecule has 0 saturated heterocycles. The number of nitrogen functional groups attached to an aromatic ring is 1. The van der Waals surface area contributed by atoms with Crippen LogP contribution in [0.1, 0.15) is 16.8 Å². The molecule has 0 atom stereocenters. The molecule has 20 heavy (non-hydrogen) atoms. The van der Waals surface area contributed by atoms with Gasteiger partial charge >= 0.3 is 6.18 Å². The van der Waals surface area contributed by atoms with Crippen LogP contribution in [0.15, 0.2) is 24.3 Å². The fraction of sp³-hybridized carbons (Fsp3) is 0.231. The zero-order valence-electron chi connectivity index (χ0n) is 10.9. The van der Waals surface area contributed by atoms with E-state index in [0.717, 1.165) is 17.2 Å². The Labute approximate surface area is 113 Å². The van der Waals surface area contributed by atoms with Crippen LogP contribution in [-0.2, 0) is 6.18 Å². The smallest absolute Gasteiger partial charge is 0.292 e. The summed E-state index contributed by atoms with van der Waals surface area (Å²) in [5, 5.41) is 0. The summed E-state index contributed by atoms with van der Waals surface area (Å²) >= 11 is 0. The quantitative estimate of drug-likeness (QED) is 0.656. The largest absolute Gasteiger partial charge is 0.433 e.